The van der Waals surface area contributed by atoms with Crippen molar-refractivity contribution in [3.8, 4) is 0 Å². The first-order valence-corrected chi connectivity index (χ1v) is 7.54. The molecule has 7 heteroatoms. The van der Waals surface area contributed by atoms with Crippen molar-refractivity contribution in [2.75, 3.05) is 45.1 Å². The number of ether oxygens (including phenoxy) is 1. The topological polar surface area (TPSA) is 66.9 Å². The second-order valence-corrected chi connectivity index (χ2v) is 6.44. The Morgan fingerprint density at radius 2 is 1.82 bits per heavy atom. The third-order valence-electron chi connectivity index (χ3n) is 3.13. The van der Waals surface area contributed by atoms with Gasteiger partial charge in [0.25, 0.3) is 0 Å². The van der Waals surface area contributed by atoms with Gasteiger partial charge in [0.05, 0.1) is 25.5 Å². The van der Waals surface area contributed by atoms with Gasteiger partial charge in [0, 0.05) is 19.6 Å². The molecule has 0 radical (unpaired) electrons. The van der Waals surface area contributed by atoms with Gasteiger partial charge in [-0.2, -0.15) is 4.31 Å². The van der Waals surface area contributed by atoms with Crippen molar-refractivity contribution in [1.29, 1.82) is 0 Å². The van der Waals surface area contributed by atoms with Crippen molar-refractivity contribution in [2.45, 2.75) is 12.8 Å². The first-order valence-electron chi connectivity index (χ1n) is 5.93. The molecule has 6 nitrogen and oxygen atoms in total. The molecule has 2 aliphatic heterocycles. The Balaban J connectivity index is 1.93. The molecule has 0 aliphatic carbocycles. The molecule has 0 unspecified atom stereocenters. The predicted octanol–water partition coefficient (Wildman–Crippen LogP) is -0.729. The van der Waals surface area contributed by atoms with Gasteiger partial charge in [-0.05, 0) is 12.8 Å². The van der Waals surface area contributed by atoms with Gasteiger partial charge in [0.15, 0.2) is 0 Å². The summed E-state index contributed by atoms with van der Waals surface area (Å²) in [5.74, 6) is 0.0578. The van der Waals surface area contributed by atoms with E-state index in [0.29, 0.717) is 39.3 Å². The predicted molar refractivity (Wildman–Crippen MR) is 62.0 cm³/mol. The van der Waals surface area contributed by atoms with Crippen molar-refractivity contribution in [3.63, 3.8) is 0 Å². The lowest BCUT2D eigenvalue weighted by molar-refractivity contribution is -0.135. The van der Waals surface area contributed by atoms with Crippen LogP contribution in [0.1, 0.15) is 12.8 Å². The van der Waals surface area contributed by atoms with E-state index >= 15 is 0 Å². The largest absolute Gasteiger partial charge is 0.378 e. The third-order valence-corrected chi connectivity index (χ3v) is 5.03. The average molecular weight is 262 g/mol. The monoisotopic (exact) mass is 262 g/mol. The van der Waals surface area contributed by atoms with Gasteiger partial charge < -0.3 is 9.64 Å². The zero-order valence-electron chi connectivity index (χ0n) is 9.80. The summed E-state index contributed by atoms with van der Waals surface area (Å²) in [6.07, 6.45) is 1.54. The summed E-state index contributed by atoms with van der Waals surface area (Å²) in [6.45, 7) is 2.66. The summed E-state index contributed by atoms with van der Waals surface area (Å²) < 4.78 is 29.9. The van der Waals surface area contributed by atoms with Crippen LogP contribution in [0.5, 0.6) is 0 Å². The van der Waals surface area contributed by atoms with Crippen LogP contribution in [0.2, 0.25) is 0 Å². The maximum Gasteiger partial charge on any atom is 0.238 e. The van der Waals surface area contributed by atoms with Gasteiger partial charge in [-0.25, -0.2) is 8.42 Å². The van der Waals surface area contributed by atoms with E-state index in [-0.39, 0.29) is 18.2 Å². The third kappa shape index (κ3) is 3.17. The molecule has 0 spiro atoms. The van der Waals surface area contributed by atoms with E-state index in [0.717, 1.165) is 6.42 Å². The van der Waals surface area contributed by atoms with Crippen LogP contribution >= 0.6 is 0 Å². The Morgan fingerprint density at radius 1 is 1.12 bits per heavy atom. The molecule has 2 fully saturated rings. The SMILES string of the molecule is O=C(CN1CCCCS1(=O)=O)N1CCOCC1. The number of nitrogens with zero attached hydrogens (tertiary/aromatic N) is 2. The molecule has 98 valence electrons. The van der Waals surface area contributed by atoms with Gasteiger partial charge in [-0.3, -0.25) is 4.79 Å². The highest BCUT2D eigenvalue weighted by atomic mass is 32.2. The molecule has 0 aromatic heterocycles. The minimum absolute atomic E-state index is 0.0116. The quantitative estimate of drug-likeness (QED) is 0.658. The number of hydrogen-bond donors (Lipinski definition) is 0. The standard InChI is InChI=1S/C10H18N2O4S/c13-10(11-4-6-16-7-5-11)9-12-3-1-2-8-17(12,14)15/h1-9H2. The van der Waals surface area contributed by atoms with Gasteiger partial charge >= 0.3 is 0 Å². The molecule has 0 saturated carbocycles. The zero-order valence-corrected chi connectivity index (χ0v) is 10.6. The molecule has 0 aromatic rings. The van der Waals surface area contributed by atoms with Crippen molar-refractivity contribution >= 4 is 15.9 Å². The summed E-state index contributed by atoms with van der Waals surface area (Å²) in [5.41, 5.74) is 0. The first-order chi connectivity index (χ1) is 8.09. The Kier molecular flexibility index (Phi) is 4.01. The number of sulfonamides is 1. The Hall–Kier alpha value is -0.660. The lowest BCUT2D eigenvalue weighted by atomic mass is 10.3. The maximum absolute atomic E-state index is 11.9. The van der Waals surface area contributed by atoms with Crippen LogP contribution in [0.25, 0.3) is 0 Å². The van der Waals surface area contributed by atoms with Gasteiger partial charge in [0.2, 0.25) is 15.9 Å². The number of rotatable bonds is 2. The Morgan fingerprint density at radius 3 is 2.47 bits per heavy atom. The molecule has 2 rings (SSSR count). The smallest absolute Gasteiger partial charge is 0.238 e. The molecule has 0 bridgehead atoms. The zero-order chi connectivity index (χ0) is 12.3. The fourth-order valence-corrected chi connectivity index (χ4v) is 3.62. The normalized spacial score (nSPS) is 25.8. The lowest BCUT2D eigenvalue weighted by Crippen LogP contribution is -2.48. The van der Waals surface area contributed by atoms with Crippen molar-refractivity contribution in [1.82, 2.24) is 9.21 Å². The average Bonchev–Trinajstić information content (AvgIpc) is 2.33. The summed E-state index contributed by atoms with van der Waals surface area (Å²) in [6, 6.07) is 0. The minimum Gasteiger partial charge on any atom is -0.378 e. The molecule has 0 aromatic carbocycles. The van der Waals surface area contributed by atoms with E-state index in [1.54, 1.807) is 4.90 Å². The fraction of sp³-hybridized carbons (Fsp3) is 0.900. The van der Waals surface area contributed by atoms with E-state index in [2.05, 4.69) is 0 Å². The van der Waals surface area contributed by atoms with Crippen molar-refractivity contribution < 1.29 is 17.9 Å². The molecule has 0 N–H and O–H groups in total. The van der Waals surface area contributed by atoms with Gasteiger partial charge in [0.1, 0.15) is 0 Å². The van der Waals surface area contributed by atoms with E-state index in [9.17, 15) is 13.2 Å². The first kappa shape index (κ1) is 12.8. The molecule has 2 aliphatic rings. The fourth-order valence-electron chi connectivity index (χ4n) is 2.08. The Labute approximate surface area is 102 Å². The molecule has 0 atom stereocenters. The minimum atomic E-state index is -3.20. The highest BCUT2D eigenvalue weighted by Crippen LogP contribution is 2.13. The van der Waals surface area contributed by atoms with Crippen LogP contribution in [0.3, 0.4) is 0 Å². The van der Waals surface area contributed by atoms with Crippen LogP contribution < -0.4 is 0 Å². The second kappa shape index (κ2) is 5.32. The molecule has 1 amide bonds. The highest BCUT2D eigenvalue weighted by Gasteiger charge is 2.29. The number of amides is 1. The molecular formula is C10H18N2O4S. The van der Waals surface area contributed by atoms with E-state index in [1.807, 2.05) is 0 Å². The van der Waals surface area contributed by atoms with E-state index < -0.39 is 10.0 Å². The van der Waals surface area contributed by atoms with E-state index in [4.69, 9.17) is 4.74 Å². The summed E-state index contributed by atoms with van der Waals surface area (Å²) in [5, 5.41) is 0. The molecule has 2 saturated heterocycles. The Bertz CT molecular complexity index is 376. The summed E-state index contributed by atoms with van der Waals surface area (Å²) >= 11 is 0. The number of carbonyl (C=O) groups is 1. The lowest BCUT2D eigenvalue weighted by Gasteiger charge is -2.31. The van der Waals surface area contributed by atoms with Crippen molar-refractivity contribution in [2.24, 2.45) is 0 Å². The van der Waals surface area contributed by atoms with Gasteiger partial charge in [-0.1, -0.05) is 0 Å². The number of hydrogen-bond acceptors (Lipinski definition) is 4. The van der Waals surface area contributed by atoms with Crippen LogP contribution in [0.4, 0.5) is 0 Å². The maximum atomic E-state index is 11.9. The molecular weight excluding hydrogens is 244 g/mol. The summed E-state index contributed by atoms with van der Waals surface area (Å²) in [4.78, 5) is 13.6. The highest BCUT2D eigenvalue weighted by molar-refractivity contribution is 7.89. The van der Waals surface area contributed by atoms with E-state index in [1.165, 1.54) is 4.31 Å². The van der Waals surface area contributed by atoms with Crippen LogP contribution in [0.15, 0.2) is 0 Å². The van der Waals surface area contributed by atoms with Crippen molar-refractivity contribution in [3.05, 3.63) is 0 Å². The van der Waals surface area contributed by atoms with Crippen LogP contribution in [-0.2, 0) is 19.6 Å². The van der Waals surface area contributed by atoms with Crippen LogP contribution in [-0.4, -0.2) is 68.7 Å². The molecule has 17 heavy (non-hydrogen) atoms. The van der Waals surface area contributed by atoms with Gasteiger partial charge in [-0.15, -0.1) is 0 Å². The van der Waals surface area contributed by atoms with Crippen LogP contribution in [0, 0.1) is 0 Å². The summed E-state index contributed by atoms with van der Waals surface area (Å²) in [7, 11) is -3.20. The number of carbonyl (C=O) groups excluding carboxylic acids is 1. The molecule has 2 heterocycles. The second-order valence-electron chi connectivity index (χ2n) is 4.35. The number of morpholine rings is 1.